The zero-order chi connectivity index (χ0) is 13.7. The molecule has 0 aliphatic carbocycles. The van der Waals surface area contributed by atoms with Gasteiger partial charge in [0.15, 0.2) is 0 Å². The van der Waals surface area contributed by atoms with Crippen LogP contribution in [0.3, 0.4) is 0 Å². The molecule has 0 aromatic heterocycles. The van der Waals surface area contributed by atoms with Crippen LogP contribution < -0.4 is 16.4 Å². The maximum absolute atomic E-state index is 11.9. The highest BCUT2D eigenvalue weighted by Crippen LogP contribution is 2.15. The van der Waals surface area contributed by atoms with Gasteiger partial charge in [-0.3, -0.25) is 4.79 Å². The number of anilines is 1. The third-order valence-electron chi connectivity index (χ3n) is 3.13. The van der Waals surface area contributed by atoms with Crippen LogP contribution in [0.1, 0.15) is 18.4 Å². The lowest BCUT2D eigenvalue weighted by Crippen LogP contribution is -2.35. The van der Waals surface area contributed by atoms with Crippen LogP contribution in [0.4, 0.5) is 5.69 Å². The third-order valence-corrected chi connectivity index (χ3v) is 3.13. The first kappa shape index (κ1) is 13.3. The number of nitrogens with one attached hydrogen (secondary N) is 3. The zero-order valence-electron chi connectivity index (χ0n) is 10.6. The summed E-state index contributed by atoms with van der Waals surface area (Å²) in [6, 6.07) is 7.20. The summed E-state index contributed by atoms with van der Waals surface area (Å²) in [7, 11) is 0. The predicted molar refractivity (Wildman–Crippen MR) is 77.0 cm³/mol. The summed E-state index contributed by atoms with van der Waals surface area (Å²) in [5.41, 5.74) is 7.89. The molecule has 19 heavy (non-hydrogen) atoms. The molecule has 1 amide bonds. The summed E-state index contributed by atoms with van der Waals surface area (Å²) >= 11 is 0. The highest BCUT2D eigenvalue weighted by atomic mass is 16.2. The van der Waals surface area contributed by atoms with Crippen molar-refractivity contribution in [1.29, 1.82) is 5.41 Å². The van der Waals surface area contributed by atoms with Crippen LogP contribution in [-0.2, 0) is 4.79 Å². The highest BCUT2D eigenvalue weighted by Gasteiger charge is 2.21. The predicted octanol–water partition coefficient (Wildman–Crippen LogP) is 1.33. The summed E-state index contributed by atoms with van der Waals surface area (Å²) < 4.78 is 0. The zero-order valence-corrected chi connectivity index (χ0v) is 10.6. The van der Waals surface area contributed by atoms with E-state index in [0.717, 1.165) is 36.9 Å². The fourth-order valence-electron chi connectivity index (χ4n) is 2.07. The first-order chi connectivity index (χ1) is 9.20. The Hall–Kier alpha value is -2.14. The van der Waals surface area contributed by atoms with Crippen molar-refractivity contribution < 1.29 is 4.79 Å². The Labute approximate surface area is 112 Å². The number of nitrogens with two attached hydrogens (primary N) is 1. The summed E-state index contributed by atoms with van der Waals surface area (Å²) in [4.78, 5) is 11.9. The van der Waals surface area contributed by atoms with Gasteiger partial charge >= 0.3 is 0 Å². The molecule has 0 radical (unpaired) electrons. The summed E-state index contributed by atoms with van der Waals surface area (Å²) in [5.74, 6) is 0.00764. The van der Waals surface area contributed by atoms with Crippen molar-refractivity contribution in [3.05, 3.63) is 35.9 Å². The fourth-order valence-corrected chi connectivity index (χ4v) is 2.07. The van der Waals surface area contributed by atoms with Crippen molar-refractivity contribution >= 4 is 23.5 Å². The maximum atomic E-state index is 11.9. The normalized spacial score (nSPS) is 19.2. The first-order valence-corrected chi connectivity index (χ1v) is 6.31. The number of rotatable bonds is 4. The minimum Gasteiger partial charge on any atom is -0.398 e. The van der Waals surface area contributed by atoms with Crippen LogP contribution >= 0.6 is 0 Å². The van der Waals surface area contributed by atoms with Crippen LogP contribution in [-0.4, -0.2) is 24.7 Å². The molecule has 0 unspecified atom stereocenters. The molecule has 1 aliphatic heterocycles. The topological polar surface area (TPSA) is 91.0 Å². The molecule has 100 valence electrons. The Kier molecular flexibility index (Phi) is 4.30. The van der Waals surface area contributed by atoms with E-state index < -0.39 is 0 Å². The van der Waals surface area contributed by atoms with Gasteiger partial charge < -0.3 is 21.8 Å². The smallest absolute Gasteiger partial charge is 0.241 e. The monoisotopic (exact) mass is 258 g/mol. The SMILES string of the molecule is N=C/C=C(\N)c1ccc(NC(=O)[C@H]2CCCN2)cc1. The van der Waals surface area contributed by atoms with Gasteiger partial charge in [-0.05, 0) is 43.2 Å². The minimum atomic E-state index is -0.0810. The number of hydrogen-bond donors (Lipinski definition) is 4. The molecule has 5 nitrogen and oxygen atoms in total. The van der Waals surface area contributed by atoms with Crippen molar-refractivity contribution in [2.75, 3.05) is 11.9 Å². The largest absolute Gasteiger partial charge is 0.398 e. The second-order valence-electron chi connectivity index (χ2n) is 4.50. The highest BCUT2D eigenvalue weighted by molar-refractivity contribution is 5.95. The maximum Gasteiger partial charge on any atom is 0.241 e. The van der Waals surface area contributed by atoms with E-state index in [4.69, 9.17) is 11.1 Å². The van der Waals surface area contributed by atoms with E-state index in [0.29, 0.717) is 5.70 Å². The molecule has 0 bridgehead atoms. The molecule has 1 fully saturated rings. The Bertz CT molecular complexity index is 487. The van der Waals surface area contributed by atoms with Gasteiger partial charge in [0.2, 0.25) is 5.91 Å². The first-order valence-electron chi connectivity index (χ1n) is 6.31. The van der Waals surface area contributed by atoms with Crippen LogP contribution in [0.5, 0.6) is 0 Å². The summed E-state index contributed by atoms with van der Waals surface area (Å²) in [5, 5.41) is 13.0. The van der Waals surface area contributed by atoms with E-state index >= 15 is 0 Å². The number of hydrogen-bond acceptors (Lipinski definition) is 4. The molecule has 0 saturated carbocycles. The Morgan fingerprint density at radius 1 is 1.42 bits per heavy atom. The standard InChI is InChI=1S/C14H18N4O/c15-8-7-12(16)10-3-5-11(6-4-10)18-14(19)13-2-1-9-17-13/h3-8,13,15,17H,1-2,9,16H2,(H,18,19)/b12-7-,15-8?/t13-/m1/s1. The minimum absolute atomic E-state index is 0.00764. The lowest BCUT2D eigenvalue weighted by atomic mass is 10.1. The van der Waals surface area contributed by atoms with Gasteiger partial charge in [-0.25, -0.2) is 0 Å². The van der Waals surface area contributed by atoms with Crippen LogP contribution in [0.15, 0.2) is 30.3 Å². The Morgan fingerprint density at radius 2 is 2.16 bits per heavy atom. The van der Waals surface area contributed by atoms with Crippen molar-refractivity contribution in [1.82, 2.24) is 5.32 Å². The molecule has 1 heterocycles. The van der Waals surface area contributed by atoms with Crippen LogP contribution in [0.2, 0.25) is 0 Å². The van der Waals surface area contributed by atoms with Gasteiger partial charge in [-0.15, -0.1) is 0 Å². The molecule has 1 aromatic carbocycles. The second kappa shape index (κ2) is 6.15. The van der Waals surface area contributed by atoms with Crippen molar-refractivity contribution in [2.24, 2.45) is 5.73 Å². The average Bonchev–Trinajstić information content (AvgIpc) is 2.94. The van der Waals surface area contributed by atoms with Gasteiger partial charge in [0.1, 0.15) is 0 Å². The molecule has 0 spiro atoms. The Balaban J connectivity index is 2.00. The number of amides is 1. The van der Waals surface area contributed by atoms with E-state index in [9.17, 15) is 4.79 Å². The lowest BCUT2D eigenvalue weighted by molar-refractivity contribution is -0.117. The van der Waals surface area contributed by atoms with Gasteiger partial charge in [0, 0.05) is 17.6 Å². The van der Waals surface area contributed by atoms with E-state index in [1.807, 2.05) is 24.3 Å². The van der Waals surface area contributed by atoms with Crippen LogP contribution in [0.25, 0.3) is 5.70 Å². The Morgan fingerprint density at radius 3 is 2.74 bits per heavy atom. The van der Waals surface area contributed by atoms with Crippen LogP contribution in [0, 0.1) is 5.41 Å². The summed E-state index contributed by atoms with van der Waals surface area (Å²) in [6.45, 7) is 0.905. The fraction of sp³-hybridized carbons (Fsp3) is 0.286. The molecule has 2 rings (SSSR count). The van der Waals surface area contributed by atoms with E-state index in [-0.39, 0.29) is 11.9 Å². The molecule has 1 aliphatic rings. The third kappa shape index (κ3) is 3.42. The van der Waals surface area contributed by atoms with Crippen molar-refractivity contribution in [2.45, 2.75) is 18.9 Å². The van der Waals surface area contributed by atoms with Crippen molar-refractivity contribution in [3.63, 3.8) is 0 Å². The average molecular weight is 258 g/mol. The molecule has 1 aromatic rings. The van der Waals surface area contributed by atoms with Gasteiger partial charge in [-0.1, -0.05) is 12.1 Å². The van der Waals surface area contributed by atoms with E-state index in [1.54, 1.807) is 0 Å². The van der Waals surface area contributed by atoms with Gasteiger partial charge in [0.05, 0.1) is 6.04 Å². The summed E-state index contributed by atoms with van der Waals surface area (Å²) in [6.07, 6.45) is 4.60. The molecule has 5 N–H and O–H groups in total. The molecular weight excluding hydrogens is 240 g/mol. The molecule has 5 heteroatoms. The quantitative estimate of drug-likeness (QED) is 0.614. The van der Waals surface area contributed by atoms with Gasteiger partial charge in [-0.2, -0.15) is 0 Å². The second-order valence-corrected chi connectivity index (χ2v) is 4.50. The number of carbonyl (C=O) groups is 1. The molecule has 1 atom stereocenters. The van der Waals surface area contributed by atoms with E-state index in [1.165, 1.54) is 6.08 Å². The van der Waals surface area contributed by atoms with Gasteiger partial charge in [0.25, 0.3) is 0 Å². The van der Waals surface area contributed by atoms with E-state index in [2.05, 4.69) is 10.6 Å². The van der Waals surface area contributed by atoms with Crippen molar-refractivity contribution in [3.8, 4) is 0 Å². The number of benzene rings is 1. The molecular formula is C14H18N4O. The number of allylic oxidation sites excluding steroid dienone is 1. The number of carbonyl (C=O) groups excluding carboxylic acids is 1. The molecule has 1 saturated heterocycles. The lowest BCUT2D eigenvalue weighted by Gasteiger charge is -2.11.